The van der Waals surface area contributed by atoms with Crippen molar-refractivity contribution in [1.29, 1.82) is 0 Å². The summed E-state index contributed by atoms with van der Waals surface area (Å²) in [5.74, 6) is -2.33. The maximum absolute atomic E-state index is 15.7. The Hall–Kier alpha value is -9.97. The maximum Gasteiger partial charge on any atom is 0.356 e. The minimum absolute atomic E-state index is 0.00118. The monoisotopic (exact) mass is 1260 g/mol. The molecule has 4 heterocycles. The van der Waals surface area contributed by atoms with Crippen LogP contribution < -0.4 is 16.1 Å². The molecule has 442 valence electrons. The number of fused-ring (bicyclic) bond motifs is 2. The fourth-order valence-electron chi connectivity index (χ4n) is 11.4. The number of ether oxygens (including phenoxy) is 1. The number of nitrogens with zero attached hydrogens (tertiary/aromatic N) is 3. The highest BCUT2D eigenvalue weighted by atomic mass is 32.2. The first kappa shape index (κ1) is 59.0. The van der Waals surface area contributed by atoms with Crippen molar-refractivity contribution in [1.82, 2.24) is 15.2 Å². The molecule has 2 N–H and O–H groups in total. The van der Waals surface area contributed by atoms with E-state index < -0.39 is 52.3 Å². The van der Waals surface area contributed by atoms with E-state index in [9.17, 15) is 9.18 Å². The molecule has 16 heteroatoms. The zero-order chi connectivity index (χ0) is 61.4. The molecule has 2 atom stereocenters. The molecule has 9 aromatic carbocycles. The number of hydrogen-bond acceptors (Lipinski definition) is 13. The van der Waals surface area contributed by atoms with Gasteiger partial charge in [0.2, 0.25) is 5.60 Å². The van der Waals surface area contributed by atoms with Crippen LogP contribution in [0, 0.1) is 5.82 Å². The number of nitrogens with one attached hydrogen (secondary N) is 2. The lowest BCUT2D eigenvalue weighted by Crippen LogP contribution is -2.71. The molecule has 11 aromatic rings. The van der Waals surface area contributed by atoms with Gasteiger partial charge in [0.25, 0.3) is 11.8 Å². The predicted octanol–water partition coefficient (Wildman–Crippen LogP) is 15.3. The third kappa shape index (κ3) is 11.8. The molecule has 11 nitrogen and oxygen atoms in total. The summed E-state index contributed by atoms with van der Waals surface area (Å²) in [6.45, 7) is 0. The van der Waals surface area contributed by atoms with E-state index in [0.29, 0.717) is 36.1 Å². The van der Waals surface area contributed by atoms with Gasteiger partial charge in [-0.1, -0.05) is 260 Å². The highest BCUT2D eigenvalue weighted by Crippen LogP contribution is 2.45. The summed E-state index contributed by atoms with van der Waals surface area (Å²) >= 11 is 5.14. The number of aromatic nitrogens is 1. The molecule has 0 aliphatic carbocycles. The van der Waals surface area contributed by atoms with Crippen LogP contribution in [0.5, 0.6) is 0 Å². The number of benzene rings is 9. The van der Waals surface area contributed by atoms with Crippen molar-refractivity contribution in [3.63, 3.8) is 0 Å². The Balaban J connectivity index is 0.887. The van der Waals surface area contributed by atoms with Crippen molar-refractivity contribution in [3.05, 3.63) is 361 Å². The molecule has 0 radical (unpaired) electrons. The Morgan fingerprint density at radius 3 is 1.64 bits per heavy atom. The minimum atomic E-state index is -1.42. The van der Waals surface area contributed by atoms with E-state index in [0.717, 1.165) is 33.4 Å². The van der Waals surface area contributed by atoms with Crippen LogP contribution in [0.25, 0.3) is 10.1 Å². The molecule has 0 spiro atoms. The summed E-state index contributed by atoms with van der Waals surface area (Å²) in [6.07, 6.45) is 0.874. The minimum Gasteiger partial charge on any atom is -0.448 e. The number of allylic oxidation sites excluding steroid dienone is 1. The molecule has 1 fully saturated rings. The lowest BCUT2D eigenvalue weighted by molar-refractivity contribution is -0.154. The predicted molar refractivity (Wildman–Crippen MR) is 358 cm³/mol. The molecular formula is C74H54FN5O6S4. The van der Waals surface area contributed by atoms with Crippen LogP contribution in [0.2, 0.25) is 0 Å². The highest BCUT2D eigenvalue weighted by molar-refractivity contribution is 8.04. The molecule has 90 heavy (non-hydrogen) atoms. The molecule has 1 unspecified atom stereocenters. The van der Waals surface area contributed by atoms with Gasteiger partial charge in [-0.15, -0.1) is 34.4 Å². The van der Waals surface area contributed by atoms with E-state index in [1.807, 2.05) is 206 Å². The van der Waals surface area contributed by atoms with E-state index in [2.05, 4.69) is 47.0 Å². The number of β-lactam (4-membered cyclic amide) rings is 1. The van der Waals surface area contributed by atoms with E-state index >= 15 is 14.4 Å². The van der Waals surface area contributed by atoms with Crippen LogP contribution in [-0.2, 0) is 35.1 Å². The number of rotatable bonds is 20. The van der Waals surface area contributed by atoms with Gasteiger partial charge < -0.3 is 20.2 Å². The molecular weight excluding hydrogens is 1200 g/mol. The second-order valence-electron chi connectivity index (χ2n) is 21.2. The van der Waals surface area contributed by atoms with Crippen LogP contribution in [0.3, 0.4) is 0 Å². The second-order valence-corrected chi connectivity index (χ2v) is 25.4. The van der Waals surface area contributed by atoms with Crippen LogP contribution >= 0.6 is 46.2 Å². The summed E-state index contributed by atoms with van der Waals surface area (Å²) in [5, 5.41) is 15.3. The Labute approximate surface area is 535 Å². The van der Waals surface area contributed by atoms with Crippen molar-refractivity contribution < 1.29 is 28.3 Å². The average Bonchev–Trinajstić information content (AvgIpc) is 0.763. The molecule has 2 amide bonds. The summed E-state index contributed by atoms with van der Waals surface area (Å²) in [6, 6.07) is 82.4. The Morgan fingerprint density at radius 2 is 1.13 bits per heavy atom. The Bertz CT molecular complexity index is 4290. The van der Waals surface area contributed by atoms with E-state index in [1.54, 1.807) is 16.9 Å². The number of halogens is 1. The van der Waals surface area contributed by atoms with Crippen molar-refractivity contribution in [2.75, 3.05) is 11.1 Å². The number of oxime groups is 1. The van der Waals surface area contributed by atoms with Crippen molar-refractivity contribution >= 4 is 84.9 Å². The number of carbonyl (C=O) groups is 3. The molecule has 2 aliphatic heterocycles. The van der Waals surface area contributed by atoms with Gasteiger partial charge in [0, 0.05) is 44.0 Å². The SMILES string of the molecule is O=C(NC1C(=O)N2C(C(=O)OC(c3ccccc3)c3ccccc3)=C(C=CSc3cc(=O)c4ccc(F)cc4s3)CS[C@H]12)C(=NOC(c1ccccc1)(c1ccccc1)c1ccccc1)c1csc(NC(c2ccccc2)(c2ccccc2)c2ccccc2)n1. The fourth-order valence-corrected chi connectivity index (χ4v) is 15.5. The molecule has 0 saturated carbocycles. The summed E-state index contributed by atoms with van der Waals surface area (Å²) in [5.41, 5.74) is 4.22. The first-order valence-corrected chi connectivity index (χ1v) is 32.5. The van der Waals surface area contributed by atoms with Gasteiger partial charge in [0.15, 0.2) is 22.4 Å². The number of thioether (sulfide) groups is 2. The highest BCUT2D eigenvalue weighted by Gasteiger charge is 2.55. The molecule has 0 bridgehead atoms. The summed E-state index contributed by atoms with van der Waals surface area (Å²) in [4.78, 5) is 72.7. The molecule has 2 aromatic heterocycles. The van der Waals surface area contributed by atoms with Gasteiger partial charge in [-0.3, -0.25) is 19.3 Å². The van der Waals surface area contributed by atoms with Gasteiger partial charge in [-0.25, -0.2) is 14.2 Å². The number of carbonyl (C=O) groups excluding carboxylic acids is 3. The van der Waals surface area contributed by atoms with Gasteiger partial charge in [0.1, 0.15) is 34.2 Å². The summed E-state index contributed by atoms with van der Waals surface area (Å²) < 4.78 is 21.9. The fraction of sp³-hybridized carbons (Fsp3) is 0.0811. The largest absolute Gasteiger partial charge is 0.448 e. The third-order valence-corrected chi connectivity index (χ3v) is 19.8. The topological polar surface area (TPSA) is 139 Å². The van der Waals surface area contributed by atoms with Crippen molar-refractivity contribution in [2.45, 2.75) is 32.9 Å². The average molecular weight is 1260 g/mol. The van der Waals surface area contributed by atoms with Crippen LogP contribution in [0.1, 0.15) is 56.3 Å². The lowest BCUT2D eigenvalue weighted by Gasteiger charge is -2.49. The quantitative estimate of drug-likeness (QED) is 0.0189. The molecule has 13 rings (SSSR count). The van der Waals surface area contributed by atoms with Crippen LogP contribution in [0.15, 0.2) is 309 Å². The molecule has 2 aliphatic rings. The molecule has 1 saturated heterocycles. The number of thiazole rings is 1. The maximum atomic E-state index is 15.7. The first-order chi connectivity index (χ1) is 44.2. The normalized spacial score (nSPS) is 15.1. The van der Waals surface area contributed by atoms with Gasteiger partial charge in [-0.05, 0) is 63.1 Å². The third-order valence-electron chi connectivity index (χ3n) is 15.7. The van der Waals surface area contributed by atoms with Gasteiger partial charge in [0.05, 0.1) is 4.21 Å². The van der Waals surface area contributed by atoms with E-state index in [-0.39, 0.29) is 28.3 Å². The van der Waals surface area contributed by atoms with Gasteiger partial charge in [-0.2, -0.15) is 0 Å². The smallest absolute Gasteiger partial charge is 0.356 e. The standard InChI is InChI=1S/C74H54FN5O6S4/c75-58-41-42-59-61(81)46-63(90-62(59)45-58)87-44-43-51-47-88-70-65(69(83)80(70)66(51)71(84)85-67(49-25-9-1-10-26-49)50-27-11-2-12-28-50)77-68(82)64(79-86-74(55-35-19-6-20-36-55,56-37-21-7-22-38-56)57-39-23-8-24-40-57)60-48-89-72(76-60)78-73(52-29-13-3-14-30-52,53-31-15-4-16-32-53)54-33-17-5-18-34-54/h1-46,48,65,67,70H,47H2,(H,76,78)(H,77,82)/t65?,70-/m1/s1. The van der Waals surface area contributed by atoms with Gasteiger partial charge >= 0.3 is 5.97 Å². The summed E-state index contributed by atoms with van der Waals surface area (Å²) in [7, 11) is 0. The lowest BCUT2D eigenvalue weighted by atomic mass is 9.77. The Morgan fingerprint density at radius 1 is 0.644 bits per heavy atom. The first-order valence-electron chi connectivity index (χ1n) is 28.9. The zero-order valence-corrected chi connectivity index (χ0v) is 51.1. The van der Waals surface area contributed by atoms with Crippen molar-refractivity contribution in [3.8, 4) is 0 Å². The van der Waals surface area contributed by atoms with Crippen molar-refractivity contribution in [2.24, 2.45) is 5.16 Å². The zero-order valence-electron chi connectivity index (χ0n) is 47.9. The number of hydrogen-bond donors (Lipinski definition) is 2. The second kappa shape index (κ2) is 26.4. The number of anilines is 1. The van der Waals surface area contributed by atoms with Crippen LogP contribution in [-0.4, -0.2) is 50.5 Å². The van der Waals surface area contributed by atoms with Crippen LogP contribution in [0.4, 0.5) is 9.52 Å². The van der Waals surface area contributed by atoms with E-state index in [1.165, 1.54) is 75.4 Å². The Kier molecular flexibility index (Phi) is 17.3. The number of amides is 2. The number of esters is 1. The van der Waals surface area contributed by atoms with E-state index in [4.69, 9.17) is 19.7 Å².